The minimum atomic E-state index is -0.529. The molecule has 164 valence electrons. The first kappa shape index (κ1) is 22.3. The highest BCUT2D eigenvalue weighted by Gasteiger charge is 2.24. The third-order valence-corrected chi connectivity index (χ3v) is 5.23. The van der Waals surface area contributed by atoms with Gasteiger partial charge in [-0.2, -0.15) is 0 Å². The lowest BCUT2D eigenvalue weighted by Crippen LogP contribution is -2.36. The average Bonchev–Trinajstić information content (AvgIpc) is 3.23. The molecule has 1 aromatic heterocycles. The number of aromatic nitrogens is 4. The van der Waals surface area contributed by atoms with Gasteiger partial charge in [-0.3, -0.25) is 4.79 Å². The van der Waals surface area contributed by atoms with Crippen LogP contribution in [0.2, 0.25) is 0 Å². The molecule has 0 radical (unpaired) electrons. The molecule has 0 aliphatic carbocycles. The molecule has 3 aromatic rings. The van der Waals surface area contributed by atoms with E-state index in [1.165, 1.54) is 5.69 Å². The van der Waals surface area contributed by atoms with Crippen molar-refractivity contribution in [2.75, 3.05) is 31.6 Å². The number of amides is 1. The van der Waals surface area contributed by atoms with Gasteiger partial charge in [0.1, 0.15) is 17.6 Å². The summed E-state index contributed by atoms with van der Waals surface area (Å²) in [5, 5.41) is 14.8. The second-order valence-corrected chi connectivity index (χ2v) is 7.30. The second kappa shape index (κ2) is 11.1. The van der Waals surface area contributed by atoms with E-state index in [0.717, 1.165) is 30.8 Å². The third-order valence-electron chi connectivity index (χ3n) is 5.23. The Morgan fingerprint density at radius 2 is 2.00 bits per heavy atom. The van der Waals surface area contributed by atoms with E-state index in [1.54, 1.807) is 18.7 Å². The van der Waals surface area contributed by atoms with E-state index in [0.29, 0.717) is 18.8 Å². The molecular weight excluding hydrogens is 392 g/mol. The zero-order chi connectivity index (χ0) is 22.1. The number of rotatable bonds is 11. The molecule has 0 fully saturated rings. The smallest absolute Gasteiger partial charge is 0.245 e. The summed E-state index contributed by atoms with van der Waals surface area (Å²) in [7, 11) is 1.63. The first-order valence-corrected chi connectivity index (χ1v) is 10.6. The van der Waals surface area contributed by atoms with Crippen molar-refractivity contribution in [3.8, 4) is 5.75 Å². The predicted molar refractivity (Wildman–Crippen MR) is 120 cm³/mol. The highest BCUT2D eigenvalue weighted by molar-refractivity contribution is 5.80. The number of tetrazole rings is 1. The van der Waals surface area contributed by atoms with Crippen LogP contribution in [0.5, 0.6) is 5.75 Å². The van der Waals surface area contributed by atoms with Crippen molar-refractivity contribution in [3.05, 3.63) is 66.0 Å². The number of aryl methyl sites for hydroxylation is 1. The zero-order valence-electron chi connectivity index (χ0n) is 18.4. The van der Waals surface area contributed by atoms with Crippen LogP contribution in [0.3, 0.4) is 0 Å². The molecule has 0 saturated carbocycles. The summed E-state index contributed by atoms with van der Waals surface area (Å²) >= 11 is 0. The second-order valence-electron chi connectivity index (χ2n) is 7.30. The van der Waals surface area contributed by atoms with Crippen LogP contribution in [0.4, 0.5) is 5.69 Å². The lowest BCUT2D eigenvalue weighted by Gasteiger charge is -2.23. The summed E-state index contributed by atoms with van der Waals surface area (Å²) in [5.74, 6) is 1.26. The Bertz CT molecular complexity index is 959. The topological polar surface area (TPSA) is 85.2 Å². The molecule has 0 aliphatic rings. The lowest BCUT2D eigenvalue weighted by molar-refractivity contribution is -0.124. The summed E-state index contributed by atoms with van der Waals surface area (Å²) in [6.07, 6.45) is 1.31. The fourth-order valence-electron chi connectivity index (χ4n) is 3.55. The molecule has 8 nitrogen and oxygen atoms in total. The molecule has 3 rings (SSSR count). The van der Waals surface area contributed by atoms with Gasteiger partial charge in [-0.05, 0) is 60.5 Å². The van der Waals surface area contributed by atoms with Crippen LogP contribution in [-0.4, -0.2) is 52.9 Å². The van der Waals surface area contributed by atoms with Crippen molar-refractivity contribution in [2.45, 2.75) is 32.7 Å². The molecule has 1 N–H and O–H groups in total. The van der Waals surface area contributed by atoms with Gasteiger partial charge in [-0.15, -0.1) is 5.10 Å². The molecule has 31 heavy (non-hydrogen) atoms. The van der Waals surface area contributed by atoms with Crippen molar-refractivity contribution >= 4 is 11.6 Å². The molecule has 8 heteroatoms. The molecule has 0 aliphatic heterocycles. The SMILES string of the molecule is CCN(CCCNC(=O)C(Cc1cccc(OC)c1)n1nnnc1C)c1ccccc1. The number of anilines is 1. The molecular formula is C23H30N6O2. The van der Waals surface area contributed by atoms with Gasteiger partial charge in [0, 0.05) is 31.7 Å². The summed E-state index contributed by atoms with van der Waals surface area (Å²) in [5.41, 5.74) is 2.17. The Kier molecular flexibility index (Phi) is 7.98. The highest BCUT2D eigenvalue weighted by atomic mass is 16.5. The van der Waals surface area contributed by atoms with E-state index < -0.39 is 6.04 Å². The quantitative estimate of drug-likeness (QED) is 0.478. The maximum Gasteiger partial charge on any atom is 0.245 e. The zero-order valence-corrected chi connectivity index (χ0v) is 18.4. The van der Waals surface area contributed by atoms with Gasteiger partial charge in [-0.25, -0.2) is 4.68 Å². The number of para-hydroxylation sites is 1. The molecule has 0 bridgehead atoms. The van der Waals surface area contributed by atoms with E-state index in [4.69, 9.17) is 4.74 Å². The highest BCUT2D eigenvalue weighted by Crippen LogP contribution is 2.19. The van der Waals surface area contributed by atoms with Gasteiger partial charge in [0.2, 0.25) is 5.91 Å². The number of benzene rings is 2. The molecule has 0 spiro atoms. The van der Waals surface area contributed by atoms with Crippen molar-refractivity contribution in [3.63, 3.8) is 0 Å². The number of carbonyl (C=O) groups is 1. The summed E-state index contributed by atoms with van der Waals surface area (Å²) < 4.78 is 6.89. The van der Waals surface area contributed by atoms with Crippen molar-refractivity contribution in [1.82, 2.24) is 25.5 Å². The van der Waals surface area contributed by atoms with Crippen LogP contribution in [0.15, 0.2) is 54.6 Å². The Hall–Kier alpha value is -3.42. The maximum atomic E-state index is 13.1. The maximum absolute atomic E-state index is 13.1. The Morgan fingerprint density at radius 3 is 2.68 bits per heavy atom. The molecule has 1 atom stereocenters. The van der Waals surface area contributed by atoms with Crippen LogP contribution in [0, 0.1) is 6.92 Å². The van der Waals surface area contributed by atoms with Gasteiger partial charge >= 0.3 is 0 Å². The average molecular weight is 423 g/mol. The molecule has 1 unspecified atom stereocenters. The summed E-state index contributed by atoms with van der Waals surface area (Å²) in [6, 6.07) is 17.5. The largest absolute Gasteiger partial charge is 0.497 e. The monoisotopic (exact) mass is 422 g/mol. The predicted octanol–water partition coefficient (Wildman–Crippen LogP) is 2.81. The van der Waals surface area contributed by atoms with E-state index in [-0.39, 0.29) is 5.91 Å². The fraction of sp³-hybridized carbons (Fsp3) is 0.391. The molecule has 0 saturated heterocycles. The van der Waals surface area contributed by atoms with E-state index in [2.05, 4.69) is 44.8 Å². The van der Waals surface area contributed by atoms with Crippen molar-refractivity contribution in [2.24, 2.45) is 0 Å². The van der Waals surface area contributed by atoms with E-state index in [9.17, 15) is 4.79 Å². The normalized spacial score (nSPS) is 11.7. The van der Waals surface area contributed by atoms with E-state index in [1.807, 2.05) is 42.5 Å². The van der Waals surface area contributed by atoms with Crippen LogP contribution in [0.1, 0.15) is 30.8 Å². The summed E-state index contributed by atoms with van der Waals surface area (Å²) in [6.45, 7) is 6.30. The fourth-order valence-corrected chi connectivity index (χ4v) is 3.55. The van der Waals surface area contributed by atoms with Crippen molar-refractivity contribution < 1.29 is 9.53 Å². The minimum Gasteiger partial charge on any atom is -0.497 e. The number of hydrogen-bond donors (Lipinski definition) is 1. The van der Waals surface area contributed by atoms with E-state index >= 15 is 0 Å². The first-order valence-electron chi connectivity index (χ1n) is 10.6. The number of ether oxygens (including phenoxy) is 1. The Balaban J connectivity index is 1.61. The van der Waals surface area contributed by atoms with Gasteiger partial charge in [0.15, 0.2) is 0 Å². The van der Waals surface area contributed by atoms with Crippen LogP contribution in [0.25, 0.3) is 0 Å². The van der Waals surface area contributed by atoms with Gasteiger partial charge in [-0.1, -0.05) is 30.3 Å². The van der Waals surface area contributed by atoms with Crippen LogP contribution >= 0.6 is 0 Å². The Morgan fingerprint density at radius 1 is 1.19 bits per heavy atom. The van der Waals surface area contributed by atoms with Gasteiger partial charge in [0.05, 0.1) is 7.11 Å². The van der Waals surface area contributed by atoms with Crippen LogP contribution in [-0.2, 0) is 11.2 Å². The van der Waals surface area contributed by atoms with Crippen molar-refractivity contribution in [1.29, 1.82) is 0 Å². The number of nitrogens with zero attached hydrogens (tertiary/aromatic N) is 5. The number of carbonyl (C=O) groups excluding carboxylic acids is 1. The van der Waals surface area contributed by atoms with Gasteiger partial charge in [0.25, 0.3) is 0 Å². The number of hydrogen-bond acceptors (Lipinski definition) is 6. The van der Waals surface area contributed by atoms with Crippen LogP contribution < -0.4 is 15.0 Å². The Labute approximate surface area is 183 Å². The summed E-state index contributed by atoms with van der Waals surface area (Å²) in [4.78, 5) is 15.4. The number of nitrogens with one attached hydrogen (secondary N) is 1. The van der Waals surface area contributed by atoms with Gasteiger partial charge < -0.3 is 15.0 Å². The standard InChI is InChI=1S/C23H30N6O2/c1-4-28(20-11-6-5-7-12-20)15-9-14-24-23(30)22(29-18(2)25-26-27-29)17-19-10-8-13-21(16-19)31-3/h5-8,10-13,16,22H,4,9,14-15,17H2,1-3H3,(H,24,30). The third kappa shape index (κ3) is 6.04. The molecule has 1 amide bonds. The minimum absolute atomic E-state index is 0.0963. The molecule has 1 heterocycles. The first-order chi connectivity index (χ1) is 15.1. The molecule has 2 aromatic carbocycles. The number of methoxy groups -OCH3 is 1. The lowest BCUT2D eigenvalue weighted by atomic mass is 10.0.